The Hall–Kier alpha value is -1.60. The fraction of sp³-hybridized carbons (Fsp3) is 0.333. The lowest BCUT2D eigenvalue weighted by Crippen LogP contribution is -2.21. The average Bonchev–Trinajstić information content (AvgIpc) is 3.04. The number of thiophene rings is 1. The second-order valence-electron chi connectivity index (χ2n) is 3.99. The van der Waals surface area contributed by atoms with Crippen LogP contribution in [0.2, 0.25) is 0 Å². The van der Waals surface area contributed by atoms with E-state index >= 15 is 0 Å². The molecule has 0 bridgehead atoms. The van der Waals surface area contributed by atoms with Crippen LogP contribution in [0.4, 0.5) is 10.8 Å². The number of anilines is 2. The average molecular weight is 297 g/mol. The van der Waals surface area contributed by atoms with Crippen molar-refractivity contribution in [2.45, 2.75) is 6.42 Å². The number of carbonyl (C=O) groups excluding carboxylic acids is 1. The minimum atomic E-state index is -0.441. The lowest BCUT2D eigenvalue weighted by molar-refractivity contribution is 0.0603. The van der Waals surface area contributed by atoms with Gasteiger partial charge in [-0.05, 0) is 29.4 Å². The Morgan fingerprint density at radius 2 is 2.37 bits per heavy atom. The maximum atomic E-state index is 11.7. The summed E-state index contributed by atoms with van der Waals surface area (Å²) in [5.41, 5.74) is 6.08. The highest BCUT2D eigenvalue weighted by atomic mass is 32.1. The van der Waals surface area contributed by atoms with E-state index in [1.54, 1.807) is 11.3 Å². The Kier molecular flexibility index (Phi) is 4.39. The number of nitrogens with zero attached hydrogens (tertiary/aromatic N) is 2. The van der Waals surface area contributed by atoms with Crippen LogP contribution in [0.25, 0.3) is 0 Å². The number of aromatic nitrogens is 1. The molecule has 19 heavy (non-hydrogen) atoms. The van der Waals surface area contributed by atoms with E-state index in [0.29, 0.717) is 5.56 Å². The Balaban J connectivity index is 2.10. The largest absolute Gasteiger partial charge is 0.465 e. The van der Waals surface area contributed by atoms with E-state index in [0.717, 1.165) is 18.0 Å². The van der Waals surface area contributed by atoms with Crippen LogP contribution in [-0.2, 0) is 11.2 Å². The molecule has 0 aliphatic carbocycles. The molecule has 0 unspecified atom stereocenters. The van der Waals surface area contributed by atoms with Crippen LogP contribution in [0.15, 0.2) is 17.5 Å². The van der Waals surface area contributed by atoms with E-state index in [-0.39, 0.29) is 5.82 Å². The lowest BCUT2D eigenvalue weighted by atomic mass is 10.3. The number of likely N-dealkylation sites (N-methyl/N-ethyl adjacent to an activating group) is 1. The van der Waals surface area contributed by atoms with Crippen molar-refractivity contribution in [2.24, 2.45) is 0 Å². The van der Waals surface area contributed by atoms with Crippen molar-refractivity contribution in [3.8, 4) is 0 Å². The monoisotopic (exact) mass is 297 g/mol. The Bertz CT molecular complexity index is 551. The molecular formula is C12H15N3O2S2. The highest BCUT2D eigenvalue weighted by Crippen LogP contribution is 2.30. The minimum absolute atomic E-state index is 0.231. The molecule has 7 heteroatoms. The topological polar surface area (TPSA) is 68.5 Å². The summed E-state index contributed by atoms with van der Waals surface area (Å²) < 4.78 is 8.77. The molecule has 0 radical (unpaired) electrons. The molecule has 0 aromatic carbocycles. The first-order valence-electron chi connectivity index (χ1n) is 5.70. The molecular weight excluding hydrogens is 282 g/mol. The van der Waals surface area contributed by atoms with Crippen LogP contribution in [0, 0.1) is 0 Å². The van der Waals surface area contributed by atoms with Gasteiger partial charge in [-0.25, -0.2) is 4.79 Å². The molecule has 0 saturated carbocycles. The van der Waals surface area contributed by atoms with Crippen LogP contribution in [0.1, 0.15) is 15.2 Å². The van der Waals surface area contributed by atoms with Crippen molar-refractivity contribution < 1.29 is 9.53 Å². The van der Waals surface area contributed by atoms with E-state index in [4.69, 9.17) is 10.5 Å². The van der Waals surface area contributed by atoms with Gasteiger partial charge in [0.2, 0.25) is 0 Å². The Morgan fingerprint density at radius 1 is 1.58 bits per heavy atom. The van der Waals surface area contributed by atoms with E-state index in [9.17, 15) is 4.79 Å². The lowest BCUT2D eigenvalue weighted by Gasteiger charge is -2.17. The number of nitrogen functional groups attached to an aromatic ring is 1. The Labute approximate surface area is 119 Å². The van der Waals surface area contributed by atoms with E-state index in [1.165, 1.54) is 23.5 Å². The summed E-state index contributed by atoms with van der Waals surface area (Å²) in [5, 5.41) is 2.81. The minimum Gasteiger partial charge on any atom is -0.465 e. The summed E-state index contributed by atoms with van der Waals surface area (Å²) in [4.78, 5) is 15.0. The summed E-state index contributed by atoms with van der Waals surface area (Å²) in [6.07, 6.45) is 0.923. The summed E-state index contributed by atoms with van der Waals surface area (Å²) in [6, 6.07) is 4.13. The van der Waals surface area contributed by atoms with Gasteiger partial charge in [-0.3, -0.25) is 0 Å². The molecule has 0 spiro atoms. The van der Waals surface area contributed by atoms with Crippen molar-refractivity contribution in [1.82, 2.24) is 4.37 Å². The van der Waals surface area contributed by atoms with Gasteiger partial charge < -0.3 is 15.4 Å². The zero-order valence-corrected chi connectivity index (χ0v) is 12.4. The molecule has 2 N–H and O–H groups in total. The van der Waals surface area contributed by atoms with E-state index < -0.39 is 5.97 Å². The predicted molar refractivity (Wildman–Crippen MR) is 79.2 cm³/mol. The van der Waals surface area contributed by atoms with E-state index in [1.807, 2.05) is 18.0 Å². The zero-order valence-electron chi connectivity index (χ0n) is 10.8. The number of nitrogens with two attached hydrogens (primary N) is 1. The third kappa shape index (κ3) is 3.05. The van der Waals surface area contributed by atoms with Gasteiger partial charge in [0.05, 0.1) is 7.11 Å². The molecule has 0 amide bonds. The second-order valence-corrected chi connectivity index (χ2v) is 5.77. The van der Waals surface area contributed by atoms with Gasteiger partial charge in [-0.1, -0.05) is 6.07 Å². The third-order valence-electron chi connectivity index (χ3n) is 2.71. The summed E-state index contributed by atoms with van der Waals surface area (Å²) >= 11 is 2.94. The van der Waals surface area contributed by atoms with Crippen LogP contribution in [-0.4, -0.2) is 31.0 Å². The number of carbonyl (C=O) groups is 1. The molecule has 0 aliphatic heterocycles. The van der Waals surface area contributed by atoms with Crippen molar-refractivity contribution in [2.75, 3.05) is 31.3 Å². The molecule has 2 aromatic heterocycles. The molecule has 5 nitrogen and oxygen atoms in total. The summed E-state index contributed by atoms with van der Waals surface area (Å²) in [5.74, 6) is -0.209. The van der Waals surface area contributed by atoms with Gasteiger partial charge in [-0.2, -0.15) is 4.37 Å². The highest BCUT2D eigenvalue weighted by molar-refractivity contribution is 7.11. The van der Waals surface area contributed by atoms with Crippen molar-refractivity contribution in [3.05, 3.63) is 28.0 Å². The first-order chi connectivity index (χ1) is 9.13. The zero-order chi connectivity index (χ0) is 13.8. The number of methoxy groups -OCH3 is 1. The number of hydrogen-bond donors (Lipinski definition) is 1. The standard InChI is InChI=1S/C12H15N3O2S2/c1-15(6-5-8-4-3-7-18-8)11-9(12(16)17-2)10(13)14-19-11/h3-4,7H,5-6H2,1-2H3,(H2,13,14). The van der Waals surface area contributed by atoms with Gasteiger partial charge in [-0.15, -0.1) is 11.3 Å². The smallest absolute Gasteiger partial charge is 0.344 e. The first kappa shape index (κ1) is 13.8. The first-order valence-corrected chi connectivity index (χ1v) is 7.35. The van der Waals surface area contributed by atoms with Crippen LogP contribution < -0.4 is 10.6 Å². The molecule has 0 aliphatic rings. The van der Waals surface area contributed by atoms with Crippen molar-refractivity contribution >= 4 is 39.7 Å². The van der Waals surface area contributed by atoms with Gasteiger partial charge in [0, 0.05) is 18.5 Å². The SMILES string of the molecule is COC(=O)c1c(N)nsc1N(C)CCc1cccs1. The molecule has 0 saturated heterocycles. The number of hydrogen-bond acceptors (Lipinski definition) is 7. The fourth-order valence-electron chi connectivity index (χ4n) is 1.68. The second kappa shape index (κ2) is 6.03. The maximum Gasteiger partial charge on any atom is 0.344 e. The van der Waals surface area contributed by atoms with Gasteiger partial charge in [0.25, 0.3) is 0 Å². The van der Waals surface area contributed by atoms with Crippen molar-refractivity contribution in [3.63, 3.8) is 0 Å². The number of ether oxygens (including phenoxy) is 1. The molecule has 102 valence electrons. The van der Waals surface area contributed by atoms with Crippen LogP contribution >= 0.6 is 22.9 Å². The van der Waals surface area contributed by atoms with Gasteiger partial charge >= 0.3 is 5.97 Å². The van der Waals surface area contributed by atoms with Gasteiger partial charge in [0.15, 0.2) is 5.82 Å². The summed E-state index contributed by atoms with van der Waals surface area (Å²) in [6.45, 7) is 0.798. The number of rotatable bonds is 5. The fourth-order valence-corrected chi connectivity index (χ4v) is 3.17. The Morgan fingerprint density at radius 3 is 3.00 bits per heavy atom. The quantitative estimate of drug-likeness (QED) is 0.857. The molecule has 2 aromatic rings. The molecule has 0 atom stereocenters. The van der Waals surface area contributed by atoms with E-state index in [2.05, 4.69) is 15.8 Å². The number of esters is 1. The van der Waals surface area contributed by atoms with Gasteiger partial charge in [0.1, 0.15) is 10.6 Å². The maximum absolute atomic E-state index is 11.7. The predicted octanol–water partition coefficient (Wildman–Crippen LogP) is 2.25. The van der Waals surface area contributed by atoms with Crippen LogP contribution in [0.5, 0.6) is 0 Å². The highest BCUT2D eigenvalue weighted by Gasteiger charge is 2.22. The van der Waals surface area contributed by atoms with Crippen LogP contribution in [0.3, 0.4) is 0 Å². The van der Waals surface area contributed by atoms with Crippen molar-refractivity contribution in [1.29, 1.82) is 0 Å². The summed E-state index contributed by atoms with van der Waals surface area (Å²) in [7, 11) is 3.27. The normalized spacial score (nSPS) is 10.4. The third-order valence-corrected chi connectivity index (χ3v) is 4.62. The molecule has 2 heterocycles. The molecule has 2 rings (SSSR count). The molecule has 0 fully saturated rings.